The first-order chi connectivity index (χ1) is 9.18. The second-order valence-electron chi connectivity index (χ2n) is 4.47. The van der Waals surface area contributed by atoms with Crippen LogP contribution in [0.1, 0.15) is 5.56 Å². The maximum absolute atomic E-state index is 11.5. The van der Waals surface area contributed by atoms with Gasteiger partial charge >= 0.3 is 0 Å². The third kappa shape index (κ3) is 3.42. The Morgan fingerprint density at radius 1 is 1.32 bits per heavy atom. The van der Waals surface area contributed by atoms with Crippen LogP contribution in [0.15, 0.2) is 42.7 Å². The number of amides is 1. The van der Waals surface area contributed by atoms with E-state index in [-0.39, 0.29) is 5.91 Å². The van der Waals surface area contributed by atoms with Gasteiger partial charge in [-0.2, -0.15) is 5.10 Å². The molecule has 0 atom stereocenters. The summed E-state index contributed by atoms with van der Waals surface area (Å²) in [7, 11) is 3.50. The molecule has 1 amide bonds. The van der Waals surface area contributed by atoms with Crippen LogP contribution in [-0.4, -0.2) is 41.2 Å². The van der Waals surface area contributed by atoms with Gasteiger partial charge in [-0.15, -0.1) is 0 Å². The van der Waals surface area contributed by atoms with Crippen LogP contribution >= 0.6 is 0 Å². The number of likely N-dealkylation sites (N-methyl/N-ethyl adjacent to an activating group) is 1. The molecule has 0 aliphatic carbocycles. The summed E-state index contributed by atoms with van der Waals surface area (Å²) in [6.45, 7) is 0.968. The Balaban J connectivity index is 2.03. The van der Waals surface area contributed by atoms with Crippen LogP contribution < -0.4 is 5.32 Å². The Kier molecular flexibility index (Phi) is 4.30. The highest BCUT2D eigenvalue weighted by Gasteiger charge is 2.06. The van der Waals surface area contributed by atoms with Crippen molar-refractivity contribution >= 4 is 5.91 Å². The average Bonchev–Trinajstić information content (AvgIpc) is 2.93. The predicted molar refractivity (Wildman–Crippen MR) is 74.0 cm³/mol. The SMILES string of the molecule is CN(C)C(=O)CNCc1ccccc1-n1cccn1. The molecule has 1 aromatic heterocycles. The molecule has 0 spiro atoms. The van der Waals surface area contributed by atoms with Crippen molar-refractivity contribution in [1.29, 1.82) is 0 Å². The number of carbonyl (C=O) groups excluding carboxylic acids is 1. The summed E-state index contributed by atoms with van der Waals surface area (Å²) in [5, 5.41) is 7.39. The van der Waals surface area contributed by atoms with Crippen LogP contribution in [0.4, 0.5) is 0 Å². The van der Waals surface area contributed by atoms with Gasteiger partial charge in [0, 0.05) is 33.0 Å². The van der Waals surface area contributed by atoms with Gasteiger partial charge in [0.25, 0.3) is 0 Å². The van der Waals surface area contributed by atoms with Crippen LogP contribution in [0.25, 0.3) is 5.69 Å². The molecule has 1 aromatic carbocycles. The smallest absolute Gasteiger partial charge is 0.236 e. The van der Waals surface area contributed by atoms with Crippen LogP contribution in [0.3, 0.4) is 0 Å². The zero-order valence-electron chi connectivity index (χ0n) is 11.2. The molecule has 1 heterocycles. The first-order valence-corrected chi connectivity index (χ1v) is 6.17. The van der Waals surface area contributed by atoms with E-state index in [2.05, 4.69) is 10.4 Å². The zero-order chi connectivity index (χ0) is 13.7. The molecule has 0 saturated heterocycles. The number of benzene rings is 1. The quantitative estimate of drug-likeness (QED) is 0.872. The fourth-order valence-corrected chi connectivity index (χ4v) is 1.76. The molecule has 5 heteroatoms. The summed E-state index contributed by atoms with van der Waals surface area (Å²) < 4.78 is 1.82. The third-order valence-corrected chi connectivity index (χ3v) is 2.83. The maximum atomic E-state index is 11.5. The fourth-order valence-electron chi connectivity index (χ4n) is 1.76. The molecule has 0 saturated carbocycles. The lowest BCUT2D eigenvalue weighted by atomic mass is 10.2. The molecule has 5 nitrogen and oxygen atoms in total. The summed E-state index contributed by atoms with van der Waals surface area (Å²) in [6.07, 6.45) is 3.66. The Morgan fingerprint density at radius 2 is 2.11 bits per heavy atom. The van der Waals surface area contributed by atoms with Crippen molar-refractivity contribution in [3.05, 3.63) is 48.3 Å². The molecule has 19 heavy (non-hydrogen) atoms. The molecule has 100 valence electrons. The molecule has 0 aliphatic heterocycles. The predicted octanol–water partition coefficient (Wildman–Crippen LogP) is 1.05. The molecule has 1 N–H and O–H groups in total. The number of hydrogen-bond donors (Lipinski definition) is 1. The van der Waals surface area contributed by atoms with Crippen molar-refractivity contribution in [3.8, 4) is 5.69 Å². The van der Waals surface area contributed by atoms with E-state index in [0.29, 0.717) is 13.1 Å². The van der Waals surface area contributed by atoms with Crippen molar-refractivity contribution in [3.63, 3.8) is 0 Å². The second-order valence-corrected chi connectivity index (χ2v) is 4.47. The molecule has 0 bridgehead atoms. The lowest BCUT2D eigenvalue weighted by Gasteiger charge is -2.13. The van der Waals surface area contributed by atoms with E-state index < -0.39 is 0 Å². The number of carbonyl (C=O) groups is 1. The highest BCUT2D eigenvalue weighted by atomic mass is 16.2. The van der Waals surface area contributed by atoms with Crippen molar-refractivity contribution < 1.29 is 4.79 Å². The van der Waals surface area contributed by atoms with E-state index in [1.165, 1.54) is 0 Å². The number of aromatic nitrogens is 2. The van der Waals surface area contributed by atoms with E-state index in [0.717, 1.165) is 11.3 Å². The van der Waals surface area contributed by atoms with Crippen LogP contribution in [0, 0.1) is 0 Å². The first kappa shape index (κ1) is 13.3. The summed E-state index contributed by atoms with van der Waals surface area (Å²) >= 11 is 0. The Labute approximate surface area is 112 Å². The van der Waals surface area contributed by atoms with Gasteiger partial charge < -0.3 is 10.2 Å². The van der Waals surface area contributed by atoms with Gasteiger partial charge in [-0.1, -0.05) is 18.2 Å². The van der Waals surface area contributed by atoms with Crippen molar-refractivity contribution in [2.75, 3.05) is 20.6 Å². The molecule has 0 fully saturated rings. The summed E-state index contributed by atoms with van der Waals surface area (Å²) in [4.78, 5) is 13.1. The first-order valence-electron chi connectivity index (χ1n) is 6.17. The molecule has 2 aromatic rings. The number of nitrogens with zero attached hydrogens (tertiary/aromatic N) is 3. The Bertz CT molecular complexity index is 534. The molecule has 0 unspecified atom stereocenters. The van der Waals surface area contributed by atoms with Gasteiger partial charge in [-0.3, -0.25) is 4.79 Å². The normalized spacial score (nSPS) is 10.4. The Hall–Kier alpha value is -2.14. The number of para-hydroxylation sites is 1. The van der Waals surface area contributed by atoms with E-state index in [1.54, 1.807) is 25.2 Å². The van der Waals surface area contributed by atoms with Gasteiger partial charge in [-0.25, -0.2) is 4.68 Å². The zero-order valence-corrected chi connectivity index (χ0v) is 11.2. The van der Waals surface area contributed by atoms with Crippen molar-refractivity contribution in [1.82, 2.24) is 20.0 Å². The van der Waals surface area contributed by atoms with Crippen LogP contribution in [0.5, 0.6) is 0 Å². The number of rotatable bonds is 5. The minimum absolute atomic E-state index is 0.0663. The highest BCUT2D eigenvalue weighted by molar-refractivity contribution is 5.77. The van der Waals surface area contributed by atoms with E-state index in [4.69, 9.17) is 0 Å². The van der Waals surface area contributed by atoms with Gasteiger partial charge in [0.05, 0.1) is 12.2 Å². The number of nitrogens with one attached hydrogen (secondary N) is 1. The lowest BCUT2D eigenvalue weighted by Crippen LogP contribution is -2.32. The molecule has 2 rings (SSSR count). The van der Waals surface area contributed by atoms with E-state index in [9.17, 15) is 4.79 Å². The fraction of sp³-hybridized carbons (Fsp3) is 0.286. The second kappa shape index (κ2) is 6.15. The van der Waals surface area contributed by atoms with E-state index >= 15 is 0 Å². The van der Waals surface area contributed by atoms with Gasteiger partial charge in [-0.05, 0) is 17.7 Å². The average molecular weight is 258 g/mol. The summed E-state index contributed by atoms with van der Waals surface area (Å²) in [6, 6.07) is 9.89. The maximum Gasteiger partial charge on any atom is 0.236 e. The monoisotopic (exact) mass is 258 g/mol. The summed E-state index contributed by atoms with van der Waals surface area (Å²) in [5.74, 6) is 0.0663. The molecular formula is C14H18N4O. The van der Waals surface area contributed by atoms with Gasteiger partial charge in [0.15, 0.2) is 0 Å². The molecule has 0 radical (unpaired) electrons. The largest absolute Gasteiger partial charge is 0.348 e. The van der Waals surface area contributed by atoms with Gasteiger partial charge in [0.2, 0.25) is 5.91 Å². The lowest BCUT2D eigenvalue weighted by molar-refractivity contribution is -0.127. The highest BCUT2D eigenvalue weighted by Crippen LogP contribution is 2.12. The van der Waals surface area contributed by atoms with Crippen molar-refractivity contribution in [2.45, 2.75) is 6.54 Å². The van der Waals surface area contributed by atoms with E-state index in [1.807, 2.05) is 41.2 Å². The number of hydrogen-bond acceptors (Lipinski definition) is 3. The van der Waals surface area contributed by atoms with Crippen LogP contribution in [-0.2, 0) is 11.3 Å². The Morgan fingerprint density at radius 3 is 2.79 bits per heavy atom. The molecule has 0 aliphatic rings. The standard InChI is InChI=1S/C14H18N4O/c1-17(2)14(19)11-15-10-12-6-3-4-7-13(12)18-9-5-8-16-18/h3-9,15H,10-11H2,1-2H3. The molecular weight excluding hydrogens is 240 g/mol. The van der Waals surface area contributed by atoms with Crippen molar-refractivity contribution in [2.24, 2.45) is 0 Å². The third-order valence-electron chi connectivity index (χ3n) is 2.83. The van der Waals surface area contributed by atoms with Gasteiger partial charge in [0.1, 0.15) is 0 Å². The summed E-state index contributed by atoms with van der Waals surface area (Å²) in [5.41, 5.74) is 2.13. The minimum atomic E-state index is 0.0663. The topological polar surface area (TPSA) is 50.2 Å². The minimum Gasteiger partial charge on any atom is -0.348 e. The van der Waals surface area contributed by atoms with Crippen LogP contribution in [0.2, 0.25) is 0 Å².